The van der Waals surface area contributed by atoms with E-state index in [4.69, 9.17) is 0 Å². The molecule has 0 saturated heterocycles. The lowest BCUT2D eigenvalue weighted by molar-refractivity contribution is -0.146. The number of ketones is 1. The predicted molar refractivity (Wildman–Crippen MR) is 89.5 cm³/mol. The second-order valence-corrected chi connectivity index (χ2v) is 7.51. The lowest BCUT2D eigenvalue weighted by atomic mass is 9.66. The van der Waals surface area contributed by atoms with Crippen LogP contribution in [0.25, 0.3) is 0 Å². The molecule has 3 atom stereocenters. The Hall–Kier alpha value is -1.65. The van der Waals surface area contributed by atoms with Crippen molar-refractivity contribution in [2.75, 3.05) is 0 Å². The van der Waals surface area contributed by atoms with E-state index in [1.165, 1.54) is 0 Å². The van der Waals surface area contributed by atoms with Crippen LogP contribution in [0.3, 0.4) is 0 Å². The van der Waals surface area contributed by atoms with Crippen LogP contribution in [0, 0.1) is 23.2 Å². The number of rotatable bonds is 8. The van der Waals surface area contributed by atoms with E-state index in [1.54, 1.807) is 6.08 Å². The molecule has 0 aromatic heterocycles. The Balaban J connectivity index is 2.16. The van der Waals surface area contributed by atoms with Crippen molar-refractivity contribution in [2.45, 2.75) is 64.2 Å². The molecule has 5 heteroatoms. The lowest BCUT2D eigenvalue weighted by Gasteiger charge is -2.36. The van der Waals surface area contributed by atoms with Crippen molar-refractivity contribution >= 4 is 17.7 Å². The van der Waals surface area contributed by atoms with Crippen molar-refractivity contribution < 1.29 is 24.6 Å². The van der Waals surface area contributed by atoms with Gasteiger partial charge in [-0.25, -0.2) is 0 Å². The molecule has 0 aromatic rings. The van der Waals surface area contributed by atoms with Crippen LogP contribution >= 0.6 is 0 Å². The van der Waals surface area contributed by atoms with Gasteiger partial charge in [0.1, 0.15) is 5.78 Å². The van der Waals surface area contributed by atoms with Crippen LogP contribution in [-0.4, -0.2) is 27.9 Å². The highest BCUT2D eigenvalue weighted by atomic mass is 16.4. The number of Topliss-reactive ketones (excluding diaryl/α,β-unsaturated/α-hetero) is 1. The van der Waals surface area contributed by atoms with Crippen LogP contribution in [0.5, 0.6) is 0 Å². The number of carboxylic acid groups (broad SMARTS) is 2. The number of allylic oxidation sites excluding steroid dienone is 1. The van der Waals surface area contributed by atoms with Crippen LogP contribution in [0.4, 0.5) is 0 Å². The molecule has 2 rings (SSSR count). The first-order valence-corrected chi connectivity index (χ1v) is 9.00. The Bertz CT molecular complexity index is 504. The highest BCUT2D eigenvalue weighted by molar-refractivity contribution is 5.88. The molecule has 3 unspecified atom stereocenters. The average molecular weight is 336 g/mol. The van der Waals surface area contributed by atoms with Crippen molar-refractivity contribution in [1.82, 2.24) is 0 Å². The second-order valence-electron chi connectivity index (χ2n) is 7.51. The molecule has 2 saturated carbocycles. The van der Waals surface area contributed by atoms with Crippen molar-refractivity contribution in [3.8, 4) is 0 Å². The van der Waals surface area contributed by atoms with E-state index < -0.39 is 29.2 Å². The van der Waals surface area contributed by atoms with Crippen molar-refractivity contribution in [3.05, 3.63) is 12.7 Å². The maximum atomic E-state index is 13.2. The number of aliphatic carboxylic acids is 2. The minimum atomic E-state index is -0.874. The van der Waals surface area contributed by atoms with Gasteiger partial charge in [0.2, 0.25) is 0 Å². The maximum absolute atomic E-state index is 13.2. The zero-order valence-corrected chi connectivity index (χ0v) is 14.2. The summed E-state index contributed by atoms with van der Waals surface area (Å²) >= 11 is 0. The molecule has 0 radical (unpaired) electrons. The van der Waals surface area contributed by atoms with E-state index in [1.807, 2.05) is 0 Å². The van der Waals surface area contributed by atoms with Crippen molar-refractivity contribution in [2.24, 2.45) is 23.2 Å². The van der Waals surface area contributed by atoms with Gasteiger partial charge in [-0.1, -0.05) is 25.3 Å². The first-order chi connectivity index (χ1) is 11.4. The number of hydrogen-bond acceptors (Lipinski definition) is 3. The molecule has 0 aliphatic heterocycles. The summed E-state index contributed by atoms with van der Waals surface area (Å²) in [5.74, 6) is -2.81. The van der Waals surface area contributed by atoms with Gasteiger partial charge in [-0.15, -0.1) is 6.58 Å². The Kier molecular flexibility index (Phi) is 6.19. The third kappa shape index (κ3) is 4.05. The normalized spacial score (nSPS) is 27.3. The lowest BCUT2D eigenvalue weighted by Crippen LogP contribution is -2.39. The SMILES string of the molecule is C=CCC(CC1(C(=O)C2CCCC(C(=O)O)C2)CCCC1)C(=O)O. The van der Waals surface area contributed by atoms with Gasteiger partial charge in [-0.3, -0.25) is 14.4 Å². The third-order valence-electron chi connectivity index (χ3n) is 5.92. The van der Waals surface area contributed by atoms with Gasteiger partial charge in [0.25, 0.3) is 0 Å². The number of carbonyl (C=O) groups is 3. The fraction of sp³-hybridized carbons (Fsp3) is 0.737. The second kappa shape index (κ2) is 7.95. The third-order valence-corrected chi connectivity index (χ3v) is 5.92. The van der Waals surface area contributed by atoms with Gasteiger partial charge in [0.15, 0.2) is 0 Å². The smallest absolute Gasteiger partial charge is 0.306 e. The van der Waals surface area contributed by atoms with Gasteiger partial charge in [-0.2, -0.15) is 0 Å². The zero-order valence-electron chi connectivity index (χ0n) is 14.2. The van der Waals surface area contributed by atoms with E-state index in [9.17, 15) is 24.6 Å². The quantitative estimate of drug-likeness (QED) is 0.660. The minimum absolute atomic E-state index is 0.126. The monoisotopic (exact) mass is 336 g/mol. The van der Waals surface area contributed by atoms with Gasteiger partial charge in [-0.05, 0) is 44.9 Å². The Morgan fingerprint density at radius 2 is 1.71 bits per heavy atom. The highest BCUT2D eigenvalue weighted by Gasteiger charge is 2.47. The average Bonchev–Trinajstić information content (AvgIpc) is 3.03. The van der Waals surface area contributed by atoms with Crippen LogP contribution < -0.4 is 0 Å². The molecule has 2 aliphatic carbocycles. The highest BCUT2D eigenvalue weighted by Crippen LogP contribution is 2.48. The molecule has 2 fully saturated rings. The molecule has 2 N–H and O–H groups in total. The topological polar surface area (TPSA) is 91.7 Å². The molecule has 134 valence electrons. The molecule has 0 bridgehead atoms. The predicted octanol–water partition coefficient (Wildman–Crippen LogP) is 3.67. The fourth-order valence-electron chi connectivity index (χ4n) is 4.63. The molecule has 2 aliphatic rings. The van der Waals surface area contributed by atoms with E-state index in [0.29, 0.717) is 25.7 Å². The Morgan fingerprint density at radius 3 is 2.25 bits per heavy atom. The molecule has 24 heavy (non-hydrogen) atoms. The summed E-state index contributed by atoms with van der Waals surface area (Å²) in [6.45, 7) is 3.63. The van der Waals surface area contributed by atoms with Crippen LogP contribution in [0.1, 0.15) is 64.2 Å². The summed E-state index contributed by atoms with van der Waals surface area (Å²) in [6, 6.07) is 0. The fourth-order valence-corrected chi connectivity index (χ4v) is 4.63. The molecule has 0 spiro atoms. The van der Waals surface area contributed by atoms with Gasteiger partial charge in [0, 0.05) is 11.3 Å². The van der Waals surface area contributed by atoms with E-state index in [-0.39, 0.29) is 11.7 Å². The van der Waals surface area contributed by atoms with Crippen LogP contribution in [-0.2, 0) is 14.4 Å². The minimum Gasteiger partial charge on any atom is -0.481 e. The molecule has 0 aromatic carbocycles. The molecular weight excluding hydrogens is 308 g/mol. The van der Waals surface area contributed by atoms with Gasteiger partial charge < -0.3 is 10.2 Å². The number of carbonyl (C=O) groups excluding carboxylic acids is 1. The summed E-state index contributed by atoms with van der Waals surface area (Å²) in [5, 5.41) is 18.7. The summed E-state index contributed by atoms with van der Waals surface area (Å²) < 4.78 is 0. The number of carboxylic acids is 2. The van der Waals surface area contributed by atoms with E-state index >= 15 is 0 Å². The van der Waals surface area contributed by atoms with Gasteiger partial charge >= 0.3 is 11.9 Å². The van der Waals surface area contributed by atoms with E-state index in [0.717, 1.165) is 38.5 Å². The molecule has 5 nitrogen and oxygen atoms in total. The first-order valence-electron chi connectivity index (χ1n) is 9.00. The Morgan fingerprint density at radius 1 is 1.08 bits per heavy atom. The summed E-state index contributed by atoms with van der Waals surface area (Å²) in [7, 11) is 0. The van der Waals surface area contributed by atoms with E-state index in [2.05, 4.69) is 6.58 Å². The number of hydrogen-bond donors (Lipinski definition) is 2. The molecule has 0 heterocycles. The maximum Gasteiger partial charge on any atom is 0.306 e. The summed E-state index contributed by atoms with van der Waals surface area (Å²) in [5.41, 5.74) is -0.572. The first kappa shape index (κ1) is 18.7. The van der Waals surface area contributed by atoms with Crippen LogP contribution in [0.15, 0.2) is 12.7 Å². The van der Waals surface area contributed by atoms with Crippen molar-refractivity contribution in [1.29, 1.82) is 0 Å². The summed E-state index contributed by atoms with van der Waals surface area (Å²) in [4.78, 5) is 36.0. The molecular formula is C19H28O5. The van der Waals surface area contributed by atoms with Gasteiger partial charge in [0.05, 0.1) is 11.8 Å². The Labute approximate surface area is 143 Å². The zero-order chi connectivity index (χ0) is 17.7. The standard InChI is InChI=1S/C19H28O5/c1-2-6-15(18(23)24)12-19(9-3-4-10-19)16(20)13-7-5-8-14(11-13)17(21)22/h2,13-15H,1,3-12H2,(H,21,22)(H,23,24). The van der Waals surface area contributed by atoms with Crippen LogP contribution in [0.2, 0.25) is 0 Å². The molecule has 0 amide bonds. The summed E-state index contributed by atoms with van der Waals surface area (Å²) in [6.07, 6.45) is 8.25. The van der Waals surface area contributed by atoms with Crippen molar-refractivity contribution in [3.63, 3.8) is 0 Å². The largest absolute Gasteiger partial charge is 0.481 e.